The van der Waals surface area contributed by atoms with E-state index >= 15 is 0 Å². The van der Waals surface area contributed by atoms with E-state index in [-0.39, 0.29) is 6.61 Å². The molecule has 0 saturated carbocycles. The fraction of sp³-hybridized carbons (Fsp3) is 0.188. The average molecular weight is 507 g/mol. The van der Waals surface area contributed by atoms with Crippen molar-refractivity contribution in [3.8, 4) is 23.3 Å². The number of carbonyl (C=O) groups excluding carboxylic acids is 1. The topological polar surface area (TPSA) is 62.6 Å². The normalized spacial score (nSPS) is 10.9. The fourth-order valence-electron chi connectivity index (χ4n) is 3.78. The van der Waals surface area contributed by atoms with Crippen LogP contribution in [-0.2, 0) is 16.1 Å². The molecule has 0 unspecified atom stereocenters. The molecule has 0 spiro atoms. The Morgan fingerprint density at radius 3 is 2.37 bits per heavy atom. The zero-order valence-electron chi connectivity index (χ0n) is 21.8. The highest BCUT2D eigenvalue weighted by Crippen LogP contribution is 2.26. The van der Waals surface area contributed by atoms with Crippen molar-refractivity contribution in [1.29, 1.82) is 0 Å². The van der Waals surface area contributed by atoms with Crippen LogP contribution >= 0.6 is 0 Å². The molecule has 0 amide bonds. The van der Waals surface area contributed by atoms with Gasteiger partial charge in [-0.1, -0.05) is 53.8 Å². The lowest BCUT2D eigenvalue weighted by Crippen LogP contribution is -2.13. The van der Waals surface area contributed by atoms with Gasteiger partial charge in [0.15, 0.2) is 6.61 Å². The average Bonchev–Trinajstić information content (AvgIpc) is 3.45. The maximum atomic E-state index is 11.3. The molecule has 0 N–H and O–H groups in total. The molecule has 1 heterocycles. The molecule has 0 saturated heterocycles. The first-order valence-electron chi connectivity index (χ1n) is 12.3. The van der Waals surface area contributed by atoms with Crippen LogP contribution in [0.1, 0.15) is 27.8 Å². The first-order valence-corrected chi connectivity index (χ1v) is 12.3. The minimum absolute atomic E-state index is 0.130. The van der Waals surface area contributed by atoms with Crippen molar-refractivity contribution >= 4 is 11.5 Å². The van der Waals surface area contributed by atoms with Gasteiger partial charge >= 0.3 is 5.97 Å². The molecule has 4 aromatic rings. The summed E-state index contributed by atoms with van der Waals surface area (Å²) in [5.41, 5.74) is 6.30. The lowest BCUT2D eigenvalue weighted by Gasteiger charge is -2.12. The number of methoxy groups -OCH3 is 1. The third-order valence-electron chi connectivity index (χ3n) is 5.85. The second-order valence-electron chi connectivity index (χ2n) is 8.67. The van der Waals surface area contributed by atoms with E-state index < -0.39 is 5.97 Å². The van der Waals surface area contributed by atoms with Crippen molar-refractivity contribution in [3.05, 3.63) is 119 Å². The number of hydrogen-bond acceptors (Lipinski definition) is 5. The summed E-state index contributed by atoms with van der Waals surface area (Å²) in [4.78, 5) is 11.3. The summed E-state index contributed by atoms with van der Waals surface area (Å²) in [5.74, 6) is 7.26. The highest BCUT2D eigenvalue weighted by atomic mass is 16.6. The van der Waals surface area contributed by atoms with Gasteiger partial charge in [-0.3, -0.25) is 4.68 Å². The summed E-state index contributed by atoms with van der Waals surface area (Å²) in [6.45, 7) is 4.80. The molecule has 0 atom stereocenters. The van der Waals surface area contributed by atoms with Crippen LogP contribution in [-0.4, -0.2) is 36.1 Å². The second kappa shape index (κ2) is 13.0. The molecule has 0 bridgehead atoms. The molecule has 0 aliphatic heterocycles. The van der Waals surface area contributed by atoms with Crippen LogP contribution in [0, 0.1) is 25.7 Å². The predicted molar refractivity (Wildman–Crippen MR) is 148 cm³/mol. The molecule has 0 fully saturated rings. The highest BCUT2D eigenvalue weighted by molar-refractivity contribution is 5.80. The van der Waals surface area contributed by atoms with Gasteiger partial charge in [0.1, 0.15) is 24.7 Å². The molecule has 192 valence electrons. The largest absolute Gasteiger partial charge is 0.489 e. The Bertz CT molecular complexity index is 1440. The van der Waals surface area contributed by atoms with Crippen molar-refractivity contribution in [1.82, 2.24) is 9.78 Å². The monoisotopic (exact) mass is 506 g/mol. The predicted octanol–water partition coefficient (Wildman–Crippen LogP) is 5.61. The molecule has 38 heavy (non-hydrogen) atoms. The first-order chi connectivity index (χ1) is 18.5. The molecule has 4 rings (SSSR count). The van der Waals surface area contributed by atoms with Crippen LogP contribution in [0.15, 0.2) is 91.3 Å². The standard InChI is InChI=1S/C32H30N2O4/c1-24-7-11-27(12-8-24)30(28-13-9-26(10-14-28)6-4-19-34-20-5-18-33-34)17-21-37-29-15-16-31(25(2)22-29)38-23-32(35)36-3/h5,7-18,20,22H,19,21,23H2,1-3H3. The molecule has 3 aromatic carbocycles. The van der Waals surface area contributed by atoms with Gasteiger partial charge in [0, 0.05) is 18.0 Å². The number of benzene rings is 3. The van der Waals surface area contributed by atoms with E-state index in [0.717, 1.165) is 33.6 Å². The van der Waals surface area contributed by atoms with Crippen LogP contribution in [0.25, 0.3) is 5.57 Å². The summed E-state index contributed by atoms with van der Waals surface area (Å²) in [6, 6.07) is 24.1. The van der Waals surface area contributed by atoms with Crippen molar-refractivity contribution in [2.45, 2.75) is 20.4 Å². The van der Waals surface area contributed by atoms with Crippen LogP contribution in [0.2, 0.25) is 0 Å². The number of carbonyl (C=O) groups is 1. The first kappa shape index (κ1) is 26.3. The third kappa shape index (κ3) is 7.37. The maximum absolute atomic E-state index is 11.3. The van der Waals surface area contributed by atoms with Crippen LogP contribution in [0.5, 0.6) is 11.5 Å². The molecule has 6 heteroatoms. The number of esters is 1. The number of ether oxygens (including phenoxy) is 3. The van der Waals surface area contributed by atoms with Gasteiger partial charge in [-0.25, -0.2) is 4.79 Å². The van der Waals surface area contributed by atoms with E-state index in [4.69, 9.17) is 9.47 Å². The molecule has 6 nitrogen and oxygen atoms in total. The Labute approximate surface area is 223 Å². The summed E-state index contributed by atoms with van der Waals surface area (Å²) in [5, 5.41) is 4.17. The van der Waals surface area contributed by atoms with Gasteiger partial charge < -0.3 is 14.2 Å². The number of nitrogens with zero attached hydrogens (tertiary/aromatic N) is 2. The molecule has 1 aromatic heterocycles. The smallest absolute Gasteiger partial charge is 0.343 e. The van der Waals surface area contributed by atoms with Gasteiger partial charge in [0.25, 0.3) is 0 Å². The van der Waals surface area contributed by atoms with E-state index in [1.54, 1.807) is 16.9 Å². The van der Waals surface area contributed by atoms with Crippen LogP contribution in [0.4, 0.5) is 0 Å². The van der Waals surface area contributed by atoms with E-state index in [2.05, 4.69) is 71.1 Å². The fourth-order valence-corrected chi connectivity index (χ4v) is 3.78. The number of aromatic nitrogens is 2. The molecule has 0 radical (unpaired) electrons. The van der Waals surface area contributed by atoms with Crippen molar-refractivity contribution in [2.24, 2.45) is 0 Å². The number of rotatable bonds is 9. The van der Waals surface area contributed by atoms with Gasteiger partial charge in [-0.05, 0) is 78.6 Å². The Morgan fingerprint density at radius 2 is 1.71 bits per heavy atom. The van der Waals surface area contributed by atoms with Crippen LogP contribution in [0.3, 0.4) is 0 Å². The Kier molecular flexibility index (Phi) is 8.98. The summed E-state index contributed by atoms with van der Waals surface area (Å²) in [7, 11) is 1.33. The van der Waals surface area contributed by atoms with Crippen LogP contribution < -0.4 is 9.47 Å². The quantitative estimate of drug-likeness (QED) is 0.218. The van der Waals surface area contributed by atoms with Gasteiger partial charge in [-0.15, -0.1) is 0 Å². The maximum Gasteiger partial charge on any atom is 0.343 e. The van der Waals surface area contributed by atoms with Crippen molar-refractivity contribution in [3.63, 3.8) is 0 Å². The number of hydrogen-bond donors (Lipinski definition) is 0. The molecular formula is C32H30N2O4. The lowest BCUT2D eigenvalue weighted by molar-refractivity contribution is -0.142. The summed E-state index contributed by atoms with van der Waals surface area (Å²) in [6.07, 6.45) is 5.73. The van der Waals surface area contributed by atoms with E-state index in [1.165, 1.54) is 12.7 Å². The van der Waals surface area contributed by atoms with Crippen molar-refractivity contribution < 1.29 is 19.0 Å². The Hall–Kier alpha value is -4.76. The summed E-state index contributed by atoms with van der Waals surface area (Å²) >= 11 is 0. The summed E-state index contributed by atoms with van der Waals surface area (Å²) < 4.78 is 18.0. The zero-order chi connectivity index (χ0) is 26.7. The van der Waals surface area contributed by atoms with Gasteiger partial charge in [-0.2, -0.15) is 5.10 Å². The molecule has 0 aliphatic carbocycles. The lowest BCUT2D eigenvalue weighted by atomic mass is 9.96. The van der Waals surface area contributed by atoms with E-state index in [0.29, 0.717) is 18.9 Å². The SMILES string of the molecule is COC(=O)COc1ccc(OCC=C(c2ccc(C)cc2)c2ccc(C#CCn3cccn3)cc2)cc1C. The van der Waals surface area contributed by atoms with E-state index in [9.17, 15) is 4.79 Å². The van der Waals surface area contributed by atoms with Crippen molar-refractivity contribution in [2.75, 3.05) is 20.3 Å². The van der Waals surface area contributed by atoms with Gasteiger partial charge in [0.05, 0.1) is 7.11 Å². The zero-order valence-corrected chi connectivity index (χ0v) is 21.8. The number of aryl methyl sites for hydroxylation is 2. The third-order valence-corrected chi connectivity index (χ3v) is 5.85. The minimum Gasteiger partial charge on any atom is -0.489 e. The molecule has 0 aliphatic rings. The Morgan fingerprint density at radius 1 is 0.974 bits per heavy atom. The second-order valence-corrected chi connectivity index (χ2v) is 8.67. The Balaban J connectivity index is 1.48. The minimum atomic E-state index is -0.423. The molecular weight excluding hydrogens is 476 g/mol. The van der Waals surface area contributed by atoms with Gasteiger partial charge in [0.2, 0.25) is 0 Å². The van der Waals surface area contributed by atoms with E-state index in [1.807, 2.05) is 43.5 Å². The highest BCUT2D eigenvalue weighted by Gasteiger charge is 2.08.